The van der Waals surface area contributed by atoms with Crippen LogP contribution in [0.3, 0.4) is 0 Å². The highest BCUT2D eigenvalue weighted by atomic mass is 16.3. The molecular formula is C9H17NO. The Labute approximate surface area is 68.2 Å². The molecule has 2 aliphatic rings. The maximum Gasteiger partial charge on any atom is 0.0443 e. The summed E-state index contributed by atoms with van der Waals surface area (Å²) in [5, 5.41) is 8.65. The third-order valence-corrected chi connectivity index (χ3v) is 3.11. The first-order valence-electron chi connectivity index (χ1n) is 4.68. The molecule has 1 saturated carbocycles. The zero-order chi connectivity index (χ0) is 7.73. The van der Waals surface area contributed by atoms with Gasteiger partial charge in [0.2, 0.25) is 0 Å². The second kappa shape index (κ2) is 2.76. The molecule has 2 rings (SSSR count). The molecule has 0 aromatic heterocycles. The fourth-order valence-electron chi connectivity index (χ4n) is 2.10. The van der Waals surface area contributed by atoms with Crippen LogP contribution < -0.4 is 0 Å². The van der Waals surface area contributed by atoms with Gasteiger partial charge in [0.1, 0.15) is 0 Å². The lowest BCUT2D eigenvalue weighted by molar-refractivity contribution is 0.243. The Balaban J connectivity index is 1.72. The summed E-state index contributed by atoms with van der Waals surface area (Å²) < 4.78 is 0. The van der Waals surface area contributed by atoms with Gasteiger partial charge in [-0.05, 0) is 37.6 Å². The lowest BCUT2D eigenvalue weighted by Gasteiger charge is -2.14. The van der Waals surface area contributed by atoms with Crippen LogP contribution in [0.1, 0.15) is 25.7 Å². The summed E-state index contributed by atoms with van der Waals surface area (Å²) in [5.41, 5.74) is 0.759. The average molecular weight is 155 g/mol. The van der Waals surface area contributed by atoms with Gasteiger partial charge in [-0.25, -0.2) is 0 Å². The molecule has 0 aromatic carbocycles. The van der Waals surface area contributed by atoms with Crippen molar-refractivity contribution in [3.05, 3.63) is 0 Å². The van der Waals surface area contributed by atoms with E-state index in [9.17, 15) is 0 Å². The molecule has 0 unspecified atom stereocenters. The summed E-state index contributed by atoms with van der Waals surface area (Å²) >= 11 is 0. The molecule has 0 radical (unpaired) electrons. The average Bonchev–Trinajstić information content (AvgIpc) is 2.61. The van der Waals surface area contributed by atoms with Crippen molar-refractivity contribution in [1.29, 1.82) is 0 Å². The molecule has 1 saturated heterocycles. The Morgan fingerprint density at radius 3 is 2.64 bits per heavy atom. The van der Waals surface area contributed by atoms with Crippen LogP contribution in [0.5, 0.6) is 0 Å². The first kappa shape index (κ1) is 7.56. The SMILES string of the molecule is OCCCN1CCC2(CC2)C1. The summed E-state index contributed by atoms with van der Waals surface area (Å²) in [7, 11) is 0. The minimum atomic E-state index is 0.351. The number of aliphatic hydroxyl groups excluding tert-OH is 1. The highest BCUT2D eigenvalue weighted by Gasteiger charge is 2.47. The molecule has 1 heterocycles. The van der Waals surface area contributed by atoms with Gasteiger partial charge in [-0.3, -0.25) is 0 Å². The standard InChI is InChI=1S/C9H17NO/c11-7-1-5-10-6-4-9(8-10)2-3-9/h11H,1-8H2. The van der Waals surface area contributed by atoms with Crippen molar-refractivity contribution < 1.29 is 5.11 Å². The summed E-state index contributed by atoms with van der Waals surface area (Å²) in [4.78, 5) is 2.50. The van der Waals surface area contributed by atoms with Crippen molar-refractivity contribution >= 4 is 0 Å². The molecular weight excluding hydrogens is 138 g/mol. The molecule has 1 aliphatic carbocycles. The zero-order valence-electron chi connectivity index (χ0n) is 7.05. The van der Waals surface area contributed by atoms with Crippen LogP contribution in [0.4, 0.5) is 0 Å². The predicted molar refractivity (Wildman–Crippen MR) is 44.4 cm³/mol. The van der Waals surface area contributed by atoms with Crippen LogP contribution in [-0.4, -0.2) is 36.2 Å². The summed E-state index contributed by atoms with van der Waals surface area (Å²) in [5.74, 6) is 0. The maximum absolute atomic E-state index is 8.65. The first-order chi connectivity index (χ1) is 5.35. The van der Waals surface area contributed by atoms with Crippen LogP contribution >= 0.6 is 0 Å². The van der Waals surface area contributed by atoms with Gasteiger partial charge >= 0.3 is 0 Å². The minimum absolute atomic E-state index is 0.351. The molecule has 0 bridgehead atoms. The van der Waals surface area contributed by atoms with E-state index in [4.69, 9.17) is 5.11 Å². The quantitative estimate of drug-likeness (QED) is 0.653. The topological polar surface area (TPSA) is 23.5 Å². The number of likely N-dealkylation sites (tertiary alicyclic amines) is 1. The summed E-state index contributed by atoms with van der Waals surface area (Å²) in [6, 6.07) is 0. The Morgan fingerprint density at radius 1 is 1.27 bits per heavy atom. The number of hydrogen-bond acceptors (Lipinski definition) is 2. The van der Waals surface area contributed by atoms with Gasteiger partial charge in [0, 0.05) is 19.7 Å². The van der Waals surface area contributed by atoms with E-state index in [0.717, 1.165) is 18.4 Å². The van der Waals surface area contributed by atoms with Crippen molar-refractivity contribution in [2.75, 3.05) is 26.2 Å². The molecule has 11 heavy (non-hydrogen) atoms. The van der Waals surface area contributed by atoms with E-state index in [-0.39, 0.29) is 0 Å². The highest BCUT2D eigenvalue weighted by molar-refractivity contribution is 5.00. The van der Waals surface area contributed by atoms with Gasteiger partial charge in [-0.2, -0.15) is 0 Å². The fourth-order valence-corrected chi connectivity index (χ4v) is 2.10. The second-order valence-corrected chi connectivity index (χ2v) is 4.10. The normalized spacial score (nSPS) is 28.1. The number of aliphatic hydroxyl groups is 1. The minimum Gasteiger partial charge on any atom is -0.396 e. The molecule has 2 nitrogen and oxygen atoms in total. The Kier molecular flexibility index (Phi) is 1.90. The molecule has 2 fully saturated rings. The second-order valence-electron chi connectivity index (χ2n) is 4.10. The van der Waals surface area contributed by atoms with E-state index >= 15 is 0 Å². The van der Waals surface area contributed by atoms with Crippen LogP contribution in [0.2, 0.25) is 0 Å². The Bertz CT molecular complexity index is 142. The van der Waals surface area contributed by atoms with Crippen LogP contribution in [-0.2, 0) is 0 Å². The predicted octanol–water partition coefficient (Wildman–Crippen LogP) is 0.855. The van der Waals surface area contributed by atoms with Gasteiger partial charge in [0.05, 0.1) is 0 Å². The molecule has 1 N–H and O–H groups in total. The number of rotatable bonds is 3. The zero-order valence-corrected chi connectivity index (χ0v) is 7.05. The summed E-state index contributed by atoms with van der Waals surface area (Å²) in [6.45, 7) is 4.05. The molecule has 1 spiro atoms. The van der Waals surface area contributed by atoms with E-state index in [1.54, 1.807) is 0 Å². The Morgan fingerprint density at radius 2 is 2.09 bits per heavy atom. The van der Waals surface area contributed by atoms with Crippen LogP contribution in [0.25, 0.3) is 0 Å². The fraction of sp³-hybridized carbons (Fsp3) is 1.00. The van der Waals surface area contributed by atoms with Crippen molar-refractivity contribution in [2.24, 2.45) is 5.41 Å². The monoisotopic (exact) mass is 155 g/mol. The van der Waals surface area contributed by atoms with Crippen LogP contribution in [0.15, 0.2) is 0 Å². The molecule has 64 valence electrons. The van der Waals surface area contributed by atoms with Crippen molar-refractivity contribution in [3.63, 3.8) is 0 Å². The van der Waals surface area contributed by atoms with E-state index < -0.39 is 0 Å². The van der Waals surface area contributed by atoms with Gasteiger partial charge in [-0.15, -0.1) is 0 Å². The highest BCUT2D eigenvalue weighted by Crippen LogP contribution is 2.52. The van der Waals surface area contributed by atoms with Gasteiger partial charge in [-0.1, -0.05) is 0 Å². The smallest absolute Gasteiger partial charge is 0.0443 e. The van der Waals surface area contributed by atoms with E-state index in [1.807, 2.05) is 0 Å². The molecule has 0 aromatic rings. The van der Waals surface area contributed by atoms with Gasteiger partial charge in [0.15, 0.2) is 0 Å². The van der Waals surface area contributed by atoms with Crippen LogP contribution in [0, 0.1) is 5.41 Å². The van der Waals surface area contributed by atoms with Crippen molar-refractivity contribution in [3.8, 4) is 0 Å². The maximum atomic E-state index is 8.65. The van der Waals surface area contributed by atoms with Crippen molar-refractivity contribution in [2.45, 2.75) is 25.7 Å². The lowest BCUT2D eigenvalue weighted by atomic mass is 10.1. The third-order valence-electron chi connectivity index (χ3n) is 3.11. The van der Waals surface area contributed by atoms with Crippen molar-refractivity contribution in [1.82, 2.24) is 4.90 Å². The summed E-state index contributed by atoms with van der Waals surface area (Å²) in [6.07, 6.45) is 5.29. The first-order valence-corrected chi connectivity index (χ1v) is 4.68. The molecule has 0 atom stereocenters. The number of nitrogens with zero attached hydrogens (tertiary/aromatic N) is 1. The largest absolute Gasteiger partial charge is 0.396 e. The van der Waals surface area contributed by atoms with Gasteiger partial charge < -0.3 is 10.0 Å². The van der Waals surface area contributed by atoms with E-state index in [0.29, 0.717) is 6.61 Å². The molecule has 0 amide bonds. The number of hydrogen-bond donors (Lipinski definition) is 1. The molecule has 2 heteroatoms. The third kappa shape index (κ3) is 1.57. The van der Waals surface area contributed by atoms with E-state index in [1.165, 1.54) is 32.4 Å². The molecule has 1 aliphatic heterocycles. The Hall–Kier alpha value is -0.0800. The van der Waals surface area contributed by atoms with Gasteiger partial charge in [0.25, 0.3) is 0 Å². The lowest BCUT2D eigenvalue weighted by Crippen LogP contribution is -2.22. The van der Waals surface area contributed by atoms with E-state index in [2.05, 4.69) is 4.90 Å².